The highest BCUT2D eigenvalue weighted by atomic mass is 16.5. The number of allylic oxidation sites excluding steroid dienone is 1. The third-order valence-corrected chi connectivity index (χ3v) is 7.70. The first-order valence-corrected chi connectivity index (χ1v) is 12.7. The van der Waals surface area contributed by atoms with Crippen molar-refractivity contribution in [3.63, 3.8) is 0 Å². The van der Waals surface area contributed by atoms with Crippen LogP contribution in [-0.4, -0.2) is 40.2 Å². The number of pyridine rings is 1. The Morgan fingerprint density at radius 1 is 1.11 bits per heavy atom. The molecule has 3 aromatic rings. The van der Waals surface area contributed by atoms with Crippen LogP contribution in [0.1, 0.15) is 35.3 Å². The minimum Gasteiger partial charge on any atom is -0.496 e. The number of methoxy groups -OCH3 is 1. The predicted octanol–water partition coefficient (Wildman–Crippen LogP) is 3.37. The van der Waals surface area contributed by atoms with E-state index in [-0.39, 0.29) is 36.1 Å². The molecule has 2 aliphatic rings. The standard InChI is InChI=1S/C30H33N3O4/c1-3-9-21-14-15-24-28-27(29(35)31-16-20-10-5-4-6-11-20)23(19-34)25(18-33(24)30(21)36)32(28)17-22-12-7-8-13-26(22)37-2/h3-15,23,25,27-28,34H,16-19H2,1-2H3,(H,31,35)/b9-3+/t23-,25-,27+,28+/m0/s1. The van der Waals surface area contributed by atoms with Gasteiger partial charge in [-0.3, -0.25) is 14.5 Å². The molecule has 2 N–H and O–H groups in total. The van der Waals surface area contributed by atoms with E-state index in [2.05, 4.69) is 10.2 Å². The van der Waals surface area contributed by atoms with Crippen LogP contribution >= 0.6 is 0 Å². The molecule has 7 heteroatoms. The molecule has 0 aliphatic carbocycles. The summed E-state index contributed by atoms with van der Waals surface area (Å²) in [4.78, 5) is 29.4. The first kappa shape index (κ1) is 25.0. The predicted molar refractivity (Wildman–Crippen MR) is 143 cm³/mol. The van der Waals surface area contributed by atoms with Crippen molar-refractivity contribution in [2.45, 2.75) is 38.6 Å². The van der Waals surface area contributed by atoms with Crippen LogP contribution in [0.3, 0.4) is 0 Å². The van der Waals surface area contributed by atoms with Gasteiger partial charge in [-0.25, -0.2) is 0 Å². The molecular formula is C30H33N3O4. The van der Waals surface area contributed by atoms with Gasteiger partial charge in [-0.2, -0.15) is 0 Å². The fourth-order valence-corrected chi connectivity index (χ4v) is 6.00. The van der Waals surface area contributed by atoms with E-state index in [1.807, 2.05) is 85.8 Å². The molecule has 2 aliphatic heterocycles. The molecule has 37 heavy (non-hydrogen) atoms. The van der Waals surface area contributed by atoms with Crippen LogP contribution in [0.2, 0.25) is 0 Å². The summed E-state index contributed by atoms with van der Waals surface area (Å²) in [5.74, 6) is -0.160. The maximum atomic E-state index is 13.7. The van der Waals surface area contributed by atoms with E-state index in [0.29, 0.717) is 25.2 Å². The summed E-state index contributed by atoms with van der Waals surface area (Å²) in [6.45, 7) is 3.11. The smallest absolute Gasteiger partial charge is 0.258 e. The van der Waals surface area contributed by atoms with Gasteiger partial charge in [0, 0.05) is 55.0 Å². The molecular weight excluding hydrogens is 466 g/mol. The normalized spacial score (nSPS) is 22.7. The lowest BCUT2D eigenvalue weighted by atomic mass is 9.86. The number of aromatic nitrogens is 1. The second-order valence-corrected chi connectivity index (χ2v) is 9.70. The fourth-order valence-electron chi connectivity index (χ4n) is 6.00. The molecule has 192 valence electrons. The number of carbonyl (C=O) groups is 1. The zero-order chi connectivity index (χ0) is 25.9. The third kappa shape index (κ3) is 4.61. The summed E-state index contributed by atoms with van der Waals surface area (Å²) in [6, 6.07) is 20.9. The first-order valence-electron chi connectivity index (χ1n) is 12.7. The van der Waals surface area contributed by atoms with Crippen LogP contribution in [0, 0.1) is 11.8 Å². The van der Waals surface area contributed by atoms with Gasteiger partial charge in [0.25, 0.3) is 5.56 Å². The van der Waals surface area contributed by atoms with Gasteiger partial charge in [0.05, 0.1) is 19.1 Å². The number of aliphatic hydroxyl groups excluding tert-OH is 1. The van der Waals surface area contributed by atoms with E-state index in [9.17, 15) is 14.7 Å². The molecule has 1 aromatic heterocycles. The number of hydrogen-bond acceptors (Lipinski definition) is 5. The Bertz CT molecular complexity index is 1350. The van der Waals surface area contributed by atoms with Gasteiger partial charge in [-0.15, -0.1) is 0 Å². The number of amides is 1. The lowest BCUT2D eigenvalue weighted by Gasteiger charge is -2.38. The zero-order valence-electron chi connectivity index (χ0n) is 21.2. The van der Waals surface area contributed by atoms with Crippen LogP contribution in [0.5, 0.6) is 5.75 Å². The summed E-state index contributed by atoms with van der Waals surface area (Å²) in [5.41, 5.74) is 3.37. The van der Waals surface area contributed by atoms with Gasteiger partial charge in [0.15, 0.2) is 0 Å². The Balaban J connectivity index is 1.55. The molecule has 4 atom stereocenters. The zero-order valence-corrected chi connectivity index (χ0v) is 21.2. The maximum absolute atomic E-state index is 13.7. The molecule has 3 heterocycles. The second-order valence-electron chi connectivity index (χ2n) is 9.70. The number of para-hydroxylation sites is 1. The van der Waals surface area contributed by atoms with Crippen LogP contribution in [0.4, 0.5) is 0 Å². The average Bonchev–Trinajstić information content (AvgIpc) is 3.13. The van der Waals surface area contributed by atoms with E-state index >= 15 is 0 Å². The largest absolute Gasteiger partial charge is 0.496 e. The molecule has 2 aromatic carbocycles. The van der Waals surface area contributed by atoms with Crippen molar-refractivity contribution in [3.8, 4) is 5.75 Å². The monoisotopic (exact) mass is 499 g/mol. The van der Waals surface area contributed by atoms with Crippen molar-refractivity contribution in [3.05, 3.63) is 106 Å². The van der Waals surface area contributed by atoms with E-state index < -0.39 is 5.92 Å². The van der Waals surface area contributed by atoms with Gasteiger partial charge in [0.1, 0.15) is 5.75 Å². The van der Waals surface area contributed by atoms with Gasteiger partial charge in [-0.1, -0.05) is 60.7 Å². The van der Waals surface area contributed by atoms with Gasteiger partial charge < -0.3 is 19.7 Å². The SMILES string of the molecule is C/C=C/c1ccc2n(c1=O)C[C@H]1[C@H](CO)[C@@H](C(=O)NCc3ccccc3)[C@@H]2N1Cc1ccccc1OC. The Kier molecular flexibility index (Phi) is 7.26. The van der Waals surface area contributed by atoms with Crippen molar-refractivity contribution in [1.29, 1.82) is 0 Å². The number of rotatable bonds is 8. The molecule has 0 radical (unpaired) electrons. The number of hydrogen-bond donors (Lipinski definition) is 2. The Hall–Kier alpha value is -3.68. The summed E-state index contributed by atoms with van der Waals surface area (Å²) in [5, 5.41) is 13.7. The minimum absolute atomic E-state index is 0.0652. The van der Waals surface area contributed by atoms with Crippen LogP contribution in [0.15, 0.2) is 77.6 Å². The number of ether oxygens (including phenoxy) is 1. The summed E-state index contributed by atoms with van der Waals surface area (Å²) in [7, 11) is 1.65. The summed E-state index contributed by atoms with van der Waals surface area (Å²) in [6.07, 6.45) is 3.66. The molecule has 2 bridgehead atoms. The van der Waals surface area contributed by atoms with Crippen molar-refractivity contribution in [2.75, 3.05) is 13.7 Å². The molecule has 7 nitrogen and oxygen atoms in total. The Labute approximate surface area is 217 Å². The molecule has 0 unspecified atom stereocenters. The van der Waals surface area contributed by atoms with Crippen LogP contribution in [0.25, 0.3) is 6.08 Å². The highest BCUT2D eigenvalue weighted by Gasteiger charge is 2.55. The number of benzene rings is 2. The minimum atomic E-state index is -0.505. The van der Waals surface area contributed by atoms with Crippen molar-refractivity contribution in [2.24, 2.45) is 11.8 Å². The number of nitrogens with zero attached hydrogens (tertiary/aromatic N) is 2. The first-order chi connectivity index (χ1) is 18.1. The topological polar surface area (TPSA) is 83.8 Å². The van der Waals surface area contributed by atoms with Gasteiger partial charge in [-0.05, 0) is 30.7 Å². The maximum Gasteiger partial charge on any atom is 0.258 e. The number of nitrogens with one attached hydrogen (secondary N) is 1. The van der Waals surface area contributed by atoms with Gasteiger partial charge in [0.2, 0.25) is 5.91 Å². The molecule has 5 rings (SSSR count). The van der Waals surface area contributed by atoms with E-state index in [4.69, 9.17) is 4.74 Å². The summed E-state index contributed by atoms with van der Waals surface area (Å²) >= 11 is 0. The number of fused-ring (bicyclic) bond motifs is 4. The quantitative estimate of drug-likeness (QED) is 0.497. The third-order valence-electron chi connectivity index (χ3n) is 7.70. The molecule has 0 saturated carbocycles. The van der Waals surface area contributed by atoms with Crippen molar-refractivity contribution < 1.29 is 14.6 Å². The lowest BCUT2D eigenvalue weighted by molar-refractivity contribution is -0.127. The van der Waals surface area contributed by atoms with Crippen LogP contribution in [-0.2, 0) is 24.4 Å². The van der Waals surface area contributed by atoms with E-state index in [1.54, 1.807) is 11.7 Å². The summed E-state index contributed by atoms with van der Waals surface area (Å²) < 4.78 is 7.41. The Morgan fingerprint density at radius 3 is 2.59 bits per heavy atom. The molecule has 1 saturated heterocycles. The highest BCUT2D eigenvalue weighted by Crippen LogP contribution is 2.49. The van der Waals surface area contributed by atoms with Crippen LogP contribution < -0.4 is 15.6 Å². The molecule has 1 amide bonds. The van der Waals surface area contributed by atoms with E-state index in [0.717, 1.165) is 22.6 Å². The Morgan fingerprint density at radius 2 is 1.86 bits per heavy atom. The fraction of sp³-hybridized carbons (Fsp3) is 0.333. The highest BCUT2D eigenvalue weighted by molar-refractivity contribution is 5.80. The lowest BCUT2D eigenvalue weighted by Crippen LogP contribution is -2.46. The van der Waals surface area contributed by atoms with E-state index in [1.165, 1.54) is 0 Å². The molecule has 0 spiro atoms. The van der Waals surface area contributed by atoms with Crippen molar-refractivity contribution >= 4 is 12.0 Å². The second kappa shape index (κ2) is 10.7. The van der Waals surface area contributed by atoms with Gasteiger partial charge >= 0.3 is 0 Å². The number of carbonyl (C=O) groups excluding carboxylic acids is 1. The van der Waals surface area contributed by atoms with Crippen molar-refractivity contribution in [1.82, 2.24) is 14.8 Å². The number of aliphatic hydroxyl groups is 1. The molecule has 1 fully saturated rings. The average molecular weight is 500 g/mol.